The largest absolute Gasteiger partial charge is 0.347 e. The zero-order valence-corrected chi connectivity index (χ0v) is 12.1. The minimum Gasteiger partial charge on any atom is -0.347 e. The molecule has 1 aliphatic rings. The van der Waals surface area contributed by atoms with Gasteiger partial charge < -0.3 is 5.32 Å². The molecule has 1 aromatic heterocycles. The zero-order chi connectivity index (χ0) is 13.9. The number of benzene rings is 1. The molecule has 2 heterocycles. The van der Waals surface area contributed by atoms with Crippen LogP contribution in [0, 0.1) is 0 Å². The highest BCUT2D eigenvalue weighted by Crippen LogP contribution is 2.35. The number of rotatable bonds is 3. The van der Waals surface area contributed by atoms with E-state index in [1.807, 2.05) is 43.1 Å². The lowest BCUT2D eigenvalue weighted by molar-refractivity contribution is -0.125. The number of thioether (sulfide) groups is 1. The van der Waals surface area contributed by atoms with Crippen molar-refractivity contribution >= 4 is 17.7 Å². The minimum absolute atomic E-state index is 0.0143. The van der Waals surface area contributed by atoms with Crippen LogP contribution in [0.5, 0.6) is 0 Å². The quantitative estimate of drug-likeness (QED) is 0.944. The van der Waals surface area contributed by atoms with Gasteiger partial charge in [-0.1, -0.05) is 18.2 Å². The Bertz CT molecular complexity index is 597. The predicted octanol–water partition coefficient (Wildman–Crippen LogP) is 2.80. The van der Waals surface area contributed by atoms with Gasteiger partial charge in [0.05, 0.1) is 6.04 Å². The summed E-state index contributed by atoms with van der Waals surface area (Å²) in [5, 5.41) is 7.28. The first-order valence-corrected chi connectivity index (χ1v) is 7.75. The van der Waals surface area contributed by atoms with Gasteiger partial charge in [-0.2, -0.15) is 5.10 Å². The summed E-state index contributed by atoms with van der Waals surface area (Å²) >= 11 is 1.86. The number of nitrogens with one attached hydrogen (secondary N) is 1. The number of aromatic nitrogens is 2. The molecule has 2 aromatic rings. The second kappa shape index (κ2) is 5.71. The summed E-state index contributed by atoms with van der Waals surface area (Å²) in [4.78, 5) is 13.6. The van der Waals surface area contributed by atoms with E-state index in [0.29, 0.717) is 0 Å². The van der Waals surface area contributed by atoms with E-state index in [2.05, 4.69) is 22.5 Å². The van der Waals surface area contributed by atoms with Crippen LogP contribution in [0.3, 0.4) is 0 Å². The van der Waals surface area contributed by atoms with Crippen molar-refractivity contribution < 1.29 is 4.79 Å². The summed E-state index contributed by atoms with van der Waals surface area (Å²) in [6.45, 7) is 1.87. The molecule has 3 rings (SSSR count). The van der Waals surface area contributed by atoms with Crippen LogP contribution >= 0.6 is 11.8 Å². The van der Waals surface area contributed by atoms with Crippen molar-refractivity contribution in [3.8, 4) is 0 Å². The van der Waals surface area contributed by atoms with E-state index in [4.69, 9.17) is 0 Å². The highest BCUT2D eigenvalue weighted by Gasteiger charge is 2.24. The van der Waals surface area contributed by atoms with Crippen molar-refractivity contribution in [1.82, 2.24) is 15.1 Å². The molecule has 1 N–H and O–H groups in total. The number of nitrogens with zero attached hydrogens (tertiary/aromatic N) is 2. The number of carbonyl (C=O) groups is 1. The first kappa shape index (κ1) is 13.2. The third-order valence-corrected chi connectivity index (χ3v) is 4.70. The molecule has 1 amide bonds. The summed E-state index contributed by atoms with van der Waals surface area (Å²) in [6.07, 6.45) is 4.48. The van der Waals surface area contributed by atoms with Crippen LogP contribution in [-0.4, -0.2) is 21.4 Å². The van der Waals surface area contributed by atoms with Crippen LogP contribution < -0.4 is 5.32 Å². The Hall–Kier alpha value is -1.75. The van der Waals surface area contributed by atoms with E-state index < -0.39 is 0 Å². The fourth-order valence-corrected chi connectivity index (χ4v) is 3.54. The Morgan fingerprint density at radius 3 is 3.10 bits per heavy atom. The number of fused-ring (bicyclic) bond motifs is 1. The summed E-state index contributed by atoms with van der Waals surface area (Å²) in [6, 6.07) is 9.95. The van der Waals surface area contributed by atoms with Crippen LogP contribution in [0.2, 0.25) is 0 Å². The summed E-state index contributed by atoms with van der Waals surface area (Å²) in [5.74, 6) is 1.05. The predicted molar refractivity (Wildman–Crippen MR) is 79.6 cm³/mol. The molecule has 0 aliphatic carbocycles. The van der Waals surface area contributed by atoms with Crippen molar-refractivity contribution in [2.75, 3.05) is 5.75 Å². The van der Waals surface area contributed by atoms with Crippen molar-refractivity contribution in [3.63, 3.8) is 0 Å². The van der Waals surface area contributed by atoms with Gasteiger partial charge in [0.25, 0.3) is 0 Å². The second-order valence-corrected chi connectivity index (χ2v) is 6.03. The van der Waals surface area contributed by atoms with Gasteiger partial charge in [-0.05, 0) is 31.0 Å². The Balaban J connectivity index is 1.74. The van der Waals surface area contributed by atoms with Crippen LogP contribution in [0.1, 0.15) is 31.0 Å². The molecule has 5 heteroatoms. The number of hydrogen-bond donors (Lipinski definition) is 1. The molecule has 0 bridgehead atoms. The number of carbonyl (C=O) groups excluding carboxylic acids is 1. The third-order valence-electron chi connectivity index (χ3n) is 3.58. The maximum absolute atomic E-state index is 12.3. The maximum Gasteiger partial charge on any atom is 0.245 e. The lowest BCUT2D eigenvalue weighted by Gasteiger charge is -2.27. The summed E-state index contributed by atoms with van der Waals surface area (Å²) in [7, 11) is 0. The van der Waals surface area contributed by atoms with Crippen LogP contribution in [0.15, 0.2) is 47.6 Å². The van der Waals surface area contributed by atoms with Gasteiger partial charge in [0.15, 0.2) is 0 Å². The summed E-state index contributed by atoms with van der Waals surface area (Å²) in [5.41, 5.74) is 1.23. The van der Waals surface area contributed by atoms with E-state index in [9.17, 15) is 4.79 Å². The Kier molecular flexibility index (Phi) is 3.78. The normalized spacial score (nSPS) is 19.1. The fourth-order valence-electron chi connectivity index (χ4n) is 2.41. The molecule has 0 fully saturated rings. The standard InChI is InChI=1S/C15H17N3OS/c1-11(18-9-4-8-16-18)15(19)17-13-7-10-20-14-6-3-2-5-12(13)14/h2-6,8-9,11,13H,7,10H2,1H3,(H,17,19)/t11-,13+/m0/s1. The molecule has 4 nitrogen and oxygen atoms in total. The molecule has 2 atom stereocenters. The Labute approximate surface area is 122 Å². The average Bonchev–Trinajstić information content (AvgIpc) is 3.01. The molecule has 0 unspecified atom stereocenters. The van der Waals surface area contributed by atoms with E-state index in [0.717, 1.165) is 12.2 Å². The highest BCUT2D eigenvalue weighted by molar-refractivity contribution is 7.99. The number of amides is 1. The first-order chi connectivity index (χ1) is 9.75. The topological polar surface area (TPSA) is 46.9 Å². The van der Waals surface area contributed by atoms with Crippen LogP contribution in [-0.2, 0) is 4.79 Å². The fraction of sp³-hybridized carbons (Fsp3) is 0.333. The lowest BCUT2D eigenvalue weighted by Crippen LogP contribution is -2.35. The molecule has 20 heavy (non-hydrogen) atoms. The molecule has 104 valence electrons. The Morgan fingerprint density at radius 2 is 2.30 bits per heavy atom. The second-order valence-electron chi connectivity index (χ2n) is 4.90. The van der Waals surface area contributed by atoms with Gasteiger partial charge in [0, 0.05) is 23.0 Å². The minimum atomic E-state index is -0.285. The van der Waals surface area contributed by atoms with Gasteiger partial charge in [-0.3, -0.25) is 9.48 Å². The van der Waals surface area contributed by atoms with E-state index in [1.165, 1.54) is 10.5 Å². The zero-order valence-electron chi connectivity index (χ0n) is 11.3. The van der Waals surface area contributed by atoms with Crippen molar-refractivity contribution in [2.24, 2.45) is 0 Å². The van der Waals surface area contributed by atoms with Gasteiger partial charge in [-0.15, -0.1) is 11.8 Å². The Morgan fingerprint density at radius 1 is 1.45 bits per heavy atom. The van der Waals surface area contributed by atoms with Crippen molar-refractivity contribution in [2.45, 2.75) is 30.3 Å². The molecule has 0 radical (unpaired) electrons. The average molecular weight is 287 g/mol. The molecule has 0 saturated heterocycles. The SMILES string of the molecule is C[C@@H](C(=O)N[C@@H]1CCSc2ccccc21)n1cccn1. The monoisotopic (exact) mass is 287 g/mol. The lowest BCUT2D eigenvalue weighted by atomic mass is 10.0. The van der Waals surface area contributed by atoms with Gasteiger partial charge in [0.1, 0.15) is 6.04 Å². The van der Waals surface area contributed by atoms with Crippen molar-refractivity contribution in [1.29, 1.82) is 0 Å². The van der Waals surface area contributed by atoms with Crippen molar-refractivity contribution in [3.05, 3.63) is 48.3 Å². The third kappa shape index (κ3) is 2.58. The van der Waals surface area contributed by atoms with Gasteiger partial charge in [-0.25, -0.2) is 0 Å². The van der Waals surface area contributed by atoms with E-state index in [1.54, 1.807) is 10.9 Å². The molecular formula is C15H17N3OS. The molecule has 0 saturated carbocycles. The molecule has 1 aliphatic heterocycles. The van der Waals surface area contributed by atoms with Gasteiger partial charge >= 0.3 is 0 Å². The smallest absolute Gasteiger partial charge is 0.245 e. The van der Waals surface area contributed by atoms with E-state index in [-0.39, 0.29) is 18.0 Å². The maximum atomic E-state index is 12.3. The number of hydrogen-bond acceptors (Lipinski definition) is 3. The summed E-state index contributed by atoms with van der Waals surface area (Å²) < 4.78 is 1.68. The molecule has 0 spiro atoms. The van der Waals surface area contributed by atoms with Gasteiger partial charge in [0.2, 0.25) is 5.91 Å². The molecule has 1 aromatic carbocycles. The van der Waals surface area contributed by atoms with Crippen LogP contribution in [0.25, 0.3) is 0 Å². The first-order valence-electron chi connectivity index (χ1n) is 6.77. The van der Waals surface area contributed by atoms with E-state index >= 15 is 0 Å². The molecular weight excluding hydrogens is 270 g/mol. The van der Waals surface area contributed by atoms with Crippen LogP contribution in [0.4, 0.5) is 0 Å². The highest BCUT2D eigenvalue weighted by atomic mass is 32.2.